The SMILES string of the molecule is CCCn1nnc(C#N)c1-c1ccc(Cl)cc1. The molecule has 0 aliphatic heterocycles. The summed E-state index contributed by atoms with van der Waals surface area (Å²) in [5.41, 5.74) is 2.01. The molecule has 4 nitrogen and oxygen atoms in total. The van der Waals surface area contributed by atoms with Crippen molar-refractivity contribution in [1.29, 1.82) is 5.26 Å². The summed E-state index contributed by atoms with van der Waals surface area (Å²) < 4.78 is 1.75. The predicted molar refractivity (Wildman–Crippen MR) is 65.5 cm³/mol. The van der Waals surface area contributed by atoms with E-state index in [1.807, 2.05) is 12.1 Å². The third-order valence-corrected chi connectivity index (χ3v) is 2.65. The van der Waals surface area contributed by atoms with Crippen LogP contribution in [0.25, 0.3) is 11.3 Å². The first-order chi connectivity index (χ1) is 8.26. The van der Waals surface area contributed by atoms with Crippen molar-refractivity contribution in [3.8, 4) is 17.3 Å². The van der Waals surface area contributed by atoms with E-state index in [-0.39, 0.29) is 0 Å². The molecule has 5 heteroatoms. The molecule has 0 unspecified atom stereocenters. The van der Waals surface area contributed by atoms with E-state index in [0.717, 1.165) is 24.2 Å². The topological polar surface area (TPSA) is 54.5 Å². The summed E-state index contributed by atoms with van der Waals surface area (Å²) in [5, 5.41) is 17.5. The first kappa shape index (κ1) is 11.6. The van der Waals surface area contributed by atoms with Crippen molar-refractivity contribution in [3.63, 3.8) is 0 Å². The fraction of sp³-hybridized carbons (Fsp3) is 0.250. The Bertz CT molecular complexity index is 551. The number of hydrogen-bond donors (Lipinski definition) is 0. The van der Waals surface area contributed by atoms with Crippen molar-refractivity contribution in [1.82, 2.24) is 15.0 Å². The summed E-state index contributed by atoms with van der Waals surface area (Å²) >= 11 is 5.84. The minimum Gasteiger partial charge on any atom is -0.243 e. The van der Waals surface area contributed by atoms with Crippen LogP contribution in [0.2, 0.25) is 5.02 Å². The Morgan fingerprint density at radius 3 is 2.65 bits per heavy atom. The first-order valence-electron chi connectivity index (χ1n) is 5.35. The number of nitrogens with zero attached hydrogens (tertiary/aromatic N) is 4. The van der Waals surface area contributed by atoms with E-state index in [2.05, 4.69) is 23.3 Å². The standard InChI is InChI=1S/C12H11ClN4/c1-2-7-17-12(11(8-14)15-16-17)9-3-5-10(13)6-4-9/h3-6H,2,7H2,1H3. The Kier molecular flexibility index (Phi) is 3.40. The summed E-state index contributed by atoms with van der Waals surface area (Å²) in [6.07, 6.45) is 0.939. The molecule has 0 N–H and O–H groups in total. The van der Waals surface area contributed by atoms with Crippen LogP contribution in [0.1, 0.15) is 19.0 Å². The molecule has 1 aromatic carbocycles. The zero-order chi connectivity index (χ0) is 12.3. The summed E-state index contributed by atoms with van der Waals surface area (Å²) in [6.45, 7) is 2.80. The van der Waals surface area contributed by atoms with Crippen LogP contribution in [0.4, 0.5) is 0 Å². The van der Waals surface area contributed by atoms with Gasteiger partial charge in [-0.25, -0.2) is 4.68 Å². The Morgan fingerprint density at radius 1 is 1.35 bits per heavy atom. The zero-order valence-corrected chi connectivity index (χ0v) is 10.1. The van der Waals surface area contributed by atoms with Gasteiger partial charge in [-0.3, -0.25) is 0 Å². The van der Waals surface area contributed by atoms with E-state index in [1.54, 1.807) is 16.8 Å². The maximum atomic E-state index is 9.02. The molecular formula is C12H11ClN4. The summed E-state index contributed by atoms with van der Waals surface area (Å²) in [7, 11) is 0. The number of benzene rings is 1. The van der Waals surface area contributed by atoms with Crippen molar-refractivity contribution in [2.24, 2.45) is 0 Å². The van der Waals surface area contributed by atoms with Crippen LogP contribution in [-0.4, -0.2) is 15.0 Å². The van der Waals surface area contributed by atoms with Crippen molar-refractivity contribution in [2.45, 2.75) is 19.9 Å². The molecule has 0 bridgehead atoms. The highest BCUT2D eigenvalue weighted by molar-refractivity contribution is 6.30. The summed E-state index contributed by atoms with van der Waals surface area (Å²) in [6, 6.07) is 9.38. The normalized spacial score (nSPS) is 10.2. The van der Waals surface area contributed by atoms with Crippen molar-refractivity contribution in [3.05, 3.63) is 35.0 Å². The molecule has 0 amide bonds. The predicted octanol–water partition coefficient (Wildman–Crippen LogP) is 2.88. The van der Waals surface area contributed by atoms with Crippen LogP contribution < -0.4 is 0 Å². The summed E-state index contributed by atoms with van der Waals surface area (Å²) in [5.74, 6) is 0. The van der Waals surface area contributed by atoms with Gasteiger partial charge in [0.05, 0.1) is 0 Å². The van der Waals surface area contributed by atoms with Gasteiger partial charge < -0.3 is 0 Å². The molecular weight excluding hydrogens is 236 g/mol. The van der Waals surface area contributed by atoms with Gasteiger partial charge in [0.15, 0.2) is 5.69 Å². The molecule has 1 aromatic heterocycles. The molecule has 0 saturated heterocycles. The van der Waals surface area contributed by atoms with Gasteiger partial charge in [0.2, 0.25) is 0 Å². The second-order valence-electron chi connectivity index (χ2n) is 3.63. The lowest BCUT2D eigenvalue weighted by molar-refractivity contribution is 0.584. The minimum absolute atomic E-state index is 0.348. The van der Waals surface area contributed by atoms with Gasteiger partial charge in [-0.2, -0.15) is 5.26 Å². The largest absolute Gasteiger partial charge is 0.243 e. The molecule has 86 valence electrons. The lowest BCUT2D eigenvalue weighted by Crippen LogP contribution is -2.01. The highest BCUT2D eigenvalue weighted by atomic mass is 35.5. The minimum atomic E-state index is 0.348. The Hall–Kier alpha value is -1.86. The monoisotopic (exact) mass is 246 g/mol. The maximum Gasteiger partial charge on any atom is 0.190 e. The van der Waals surface area contributed by atoms with E-state index in [1.165, 1.54) is 0 Å². The molecule has 1 heterocycles. The van der Waals surface area contributed by atoms with Gasteiger partial charge in [-0.05, 0) is 18.6 Å². The second-order valence-corrected chi connectivity index (χ2v) is 4.06. The second kappa shape index (κ2) is 4.98. The van der Waals surface area contributed by atoms with Crippen LogP contribution in [0.5, 0.6) is 0 Å². The molecule has 0 saturated carbocycles. The molecule has 0 fully saturated rings. The Morgan fingerprint density at radius 2 is 2.06 bits per heavy atom. The van der Waals surface area contributed by atoms with Gasteiger partial charge in [-0.1, -0.05) is 35.9 Å². The van der Waals surface area contributed by atoms with Gasteiger partial charge in [-0.15, -0.1) is 5.10 Å². The zero-order valence-electron chi connectivity index (χ0n) is 9.39. The van der Waals surface area contributed by atoms with Crippen molar-refractivity contribution in [2.75, 3.05) is 0 Å². The lowest BCUT2D eigenvalue weighted by Gasteiger charge is -2.05. The Labute approximate surface area is 104 Å². The highest BCUT2D eigenvalue weighted by Gasteiger charge is 2.13. The maximum absolute atomic E-state index is 9.02. The molecule has 0 aliphatic carbocycles. The molecule has 2 rings (SSSR count). The molecule has 0 radical (unpaired) electrons. The molecule has 0 atom stereocenters. The molecule has 2 aromatic rings. The van der Waals surface area contributed by atoms with E-state index < -0.39 is 0 Å². The summed E-state index contributed by atoms with van der Waals surface area (Å²) in [4.78, 5) is 0. The van der Waals surface area contributed by atoms with E-state index in [9.17, 15) is 0 Å². The average molecular weight is 247 g/mol. The smallest absolute Gasteiger partial charge is 0.190 e. The van der Waals surface area contributed by atoms with E-state index >= 15 is 0 Å². The van der Waals surface area contributed by atoms with E-state index in [0.29, 0.717) is 10.7 Å². The quantitative estimate of drug-likeness (QED) is 0.837. The van der Waals surface area contributed by atoms with Gasteiger partial charge >= 0.3 is 0 Å². The van der Waals surface area contributed by atoms with Crippen LogP contribution in [0, 0.1) is 11.3 Å². The number of aromatic nitrogens is 3. The number of halogens is 1. The van der Waals surface area contributed by atoms with Crippen LogP contribution in [0.3, 0.4) is 0 Å². The molecule has 0 aliphatic rings. The number of rotatable bonds is 3. The third-order valence-electron chi connectivity index (χ3n) is 2.39. The van der Waals surface area contributed by atoms with Gasteiger partial charge in [0.25, 0.3) is 0 Å². The number of nitriles is 1. The van der Waals surface area contributed by atoms with Crippen LogP contribution in [0.15, 0.2) is 24.3 Å². The highest BCUT2D eigenvalue weighted by Crippen LogP contribution is 2.23. The fourth-order valence-electron chi connectivity index (χ4n) is 1.65. The number of hydrogen-bond acceptors (Lipinski definition) is 3. The van der Waals surface area contributed by atoms with Gasteiger partial charge in [0.1, 0.15) is 11.8 Å². The molecule has 17 heavy (non-hydrogen) atoms. The van der Waals surface area contributed by atoms with Crippen LogP contribution >= 0.6 is 11.6 Å². The Balaban J connectivity index is 2.52. The van der Waals surface area contributed by atoms with E-state index in [4.69, 9.17) is 16.9 Å². The number of aryl methyl sites for hydroxylation is 1. The third kappa shape index (κ3) is 2.29. The molecule has 0 spiro atoms. The van der Waals surface area contributed by atoms with Gasteiger partial charge in [0, 0.05) is 17.1 Å². The fourth-order valence-corrected chi connectivity index (χ4v) is 1.78. The van der Waals surface area contributed by atoms with Crippen molar-refractivity contribution >= 4 is 11.6 Å². The van der Waals surface area contributed by atoms with Crippen LogP contribution in [-0.2, 0) is 6.54 Å². The van der Waals surface area contributed by atoms with Crippen molar-refractivity contribution < 1.29 is 0 Å². The first-order valence-corrected chi connectivity index (χ1v) is 5.73. The average Bonchev–Trinajstić information content (AvgIpc) is 2.74. The lowest BCUT2D eigenvalue weighted by atomic mass is 10.1.